The first-order valence-electron chi connectivity index (χ1n) is 5.44. The number of nitrogens with two attached hydrogens (primary N) is 1. The summed E-state index contributed by atoms with van der Waals surface area (Å²) >= 11 is 1.47. The van der Waals surface area contributed by atoms with E-state index < -0.39 is 6.04 Å². The van der Waals surface area contributed by atoms with Gasteiger partial charge in [0, 0.05) is 16.6 Å². The first kappa shape index (κ1) is 12.6. The molecule has 1 heterocycles. The van der Waals surface area contributed by atoms with Crippen molar-refractivity contribution in [3.05, 3.63) is 46.7 Å². The molecule has 0 bridgehead atoms. The number of methoxy groups -OCH3 is 1. The van der Waals surface area contributed by atoms with E-state index in [-0.39, 0.29) is 5.91 Å². The lowest BCUT2D eigenvalue weighted by atomic mass is 10.2. The minimum atomic E-state index is -0.642. The zero-order valence-corrected chi connectivity index (χ0v) is 10.7. The Morgan fingerprint density at radius 3 is 2.89 bits per heavy atom. The number of hydrogen-bond acceptors (Lipinski definition) is 4. The quantitative estimate of drug-likeness (QED) is 0.889. The third-order valence-corrected chi connectivity index (χ3v) is 3.42. The van der Waals surface area contributed by atoms with Gasteiger partial charge in [0.1, 0.15) is 11.8 Å². The number of benzene rings is 1. The van der Waals surface area contributed by atoms with Crippen LogP contribution in [0.1, 0.15) is 10.9 Å². The Bertz CT molecular complexity index is 526. The van der Waals surface area contributed by atoms with Gasteiger partial charge in [0.25, 0.3) is 0 Å². The highest BCUT2D eigenvalue weighted by Gasteiger charge is 2.16. The van der Waals surface area contributed by atoms with Crippen LogP contribution in [0.15, 0.2) is 41.8 Å². The molecule has 5 heteroatoms. The lowest BCUT2D eigenvalue weighted by Crippen LogP contribution is -2.26. The Morgan fingerprint density at radius 1 is 1.39 bits per heavy atom. The van der Waals surface area contributed by atoms with Crippen LogP contribution in [0.4, 0.5) is 5.69 Å². The molecule has 1 aromatic heterocycles. The van der Waals surface area contributed by atoms with Crippen LogP contribution in [0.5, 0.6) is 5.75 Å². The second-order valence-corrected chi connectivity index (χ2v) is 4.69. The zero-order valence-electron chi connectivity index (χ0n) is 9.92. The molecule has 18 heavy (non-hydrogen) atoms. The number of nitrogens with one attached hydrogen (secondary N) is 1. The highest BCUT2D eigenvalue weighted by molar-refractivity contribution is 7.10. The molecule has 1 atom stereocenters. The summed E-state index contributed by atoms with van der Waals surface area (Å²) in [6.45, 7) is 0. The average molecular weight is 262 g/mol. The minimum Gasteiger partial charge on any atom is -0.497 e. The third-order valence-electron chi connectivity index (χ3n) is 2.47. The van der Waals surface area contributed by atoms with Gasteiger partial charge in [0.15, 0.2) is 0 Å². The number of hydrogen-bond donors (Lipinski definition) is 2. The number of carbonyl (C=O) groups excluding carboxylic acids is 1. The fraction of sp³-hybridized carbons (Fsp3) is 0.154. The number of carbonyl (C=O) groups is 1. The largest absolute Gasteiger partial charge is 0.497 e. The van der Waals surface area contributed by atoms with Crippen molar-refractivity contribution in [2.75, 3.05) is 12.4 Å². The molecule has 0 aliphatic heterocycles. The molecular weight excluding hydrogens is 248 g/mol. The molecule has 1 amide bonds. The van der Waals surface area contributed by atoms with Crippen LogP contribution < -0.4 is 15.8 Å². The normalized spacial score (nSPS) is 11.9. The van der Waals surface area contributed by atoms with Crippen molar-refractivity contribution in [1.82, 2.24) is 0 Å². The minimum absolute atomic E-state index is 0.231. The Balaban J connectivity index is 2.06. The molecule has 1 aromatic carbocycles. The number of amides is 1. The maximum Gasteiger partial charge on any atom is 0.246 e. The molecule has 3 N–H and O–H groups in total. The molecule has 1 unspecified atom stereocenters. The molecule has 0 saturated carbocycles. The molecule has 0 fully saturated rings. The van der Waals surface area contributed by atoms with Crippen LogP contribution in [0.2, 0.25) is 0 Å². The second-order valence-electron chi connectivity index (χ2n) is 3.71. The predicted molar refractivity (Wildman–Crippen MR) is 72.9 cm³/mol. The Morgan fingerprint density at radius 2 is 2.22 bits per heavy atom. The van der Waals surface area contributed by atoms with Crippen LogP contribution in [0.25, 0.3) is 0 Å². The van der Waals surface area contributed by atoms with Crippen molar-refractivity contribution in [2.24, 2.45) is 5.73 Å². The molecule has 4 nitrogen and oxygen atoms in total. The molecule has 94 valence electrons. The van der Waals surface area contributed by atoms with Crippen LogP contribution in [-0.2, 0) is 4.79 Å². The van der Waals surface area contributed by atoms with Crippen molar-refractivity contribution in [1.29, 1.82) is 0 Å². The van der Waals surface area contributed by atoms with Crippen LogP contribution in [-0.4, -0.2) is 13.0 Å². The van der Waals surface area contributed by atoms with Gasteiger partial charge in [-0.05, 0) is 23.6 Å². The zero-order chi connectivity index (χ0) is 13.0. The summed E-state index contributed by atoms with van der Waals surface area (Å²) in [6, 6.07) is 10.2. The number of rotatable bonds is 4. The van der Waals surface area contributed by atoms with E-state index in [0.717, 1.165) is 4.88 Å². The summed E-state index contributed by atoms with van der Waals surface area (Å²) in [5, 5.41) is 4.66. The van der Waals surface area contributed by atoms with E-state index in [1.807, 2.05) is 29.6 Å². The Kier molecular flexibility index (Phi) is 3.96. The van der Waals surface area contributed by atoms with E-state index in [9.17, 15) is 4.79 Å². The fourth-order valence-electron chi connectivity index (χ4n) is 1.52. The average Bonchev–Trinajstić information content (AvgIpc) is 2.92. The van der Waals surface area contributed by atoms with Gasteiger partial charge in [0.05, 0.1) is 7.11 Å². The summed E-state index contributed by atoms with van der Waals surface area (Å²) in [4.78, 5) is 12.8. The fourth-order valence-corrected chi connectivity index (χ4v) is 2.24. The van der Waals surface area contributed by atoms with E-state index in [1.54, 1.807) is 19.2 Å². The van der Waals surface area contributed by atoms with Crippen molar-refractivity contribution >= 4 is 22.9 Å². The van der Waals surface area contributed by atoms with Gasteiger partial charge < -0.3 is 15.8 Å². The summed E-state index contributed by atoms with van der Waals surface area (Å²) < 4.78 is 5.09. The van der Waals surface area contributed by atoms with Crippen LogP contribution in [0.3, 0.4) is 0 Å². The number of anilines is 1. The SMILES string of the molecule is COc1cccc(NC(=O)C(N)c2cccs2)c1. The molecule has 0 aliphatic carbocycles. The highest BCUT2D eigenvalue weighted by Crippen LogP contribution is 2.20. The first-order chi connectivity index (χ1) is 8.70. The summed E-state index contributed by atoms with van der Waals surface area (Å²) in [7, 11) is 1.58. The van der Waals surface area contributed by atoms with Gasteiger partial charge in [-0.25, -0.2) is 0 Å². The molecule has 0 aliphatic rings. The highest BCUT2D eigenvalue weighted by atomic mass is 32.1. The second kappa shape index (κ2) is 5.66. The third kappa shape index (κ3) is 2.88. The van der Waals surface area contributed by atoms with E-state index in [1.165, 1.54) is 11.3 Å². The summed E-state index contributed by atoms with van der Waals surface area (Å²) in [5.74, 6) is 0.461. The van der Waals surface area contributed by atoms with Gasteiger partial charge in [-0.15, -0.1) is 11.3 Å². The van der Waals surface area contributed by atoms with Gasteiger partial charge in [-0.2, -0.15) is 0 Å². The Hall–Kier alpha value is -1.85. The van der Waals surface area contributed by atoms with Gasteiger partial charge in [-0.3, -0.25) is 4.79 Å². The molecule has 2 aromatic rings. The van der Waals surface area contributed by atoms with Crippen molar-refractivity contribution in [3.8, 4) is 5.75 Å². The number of ether oxygens (including phenoxy) is 1. The predicted octanol–water partition coefficient (Wildman–Crippen LogP) is 2.40. The van der Waals surface area contributed by atoms with Crippen molar-refractivity contribution in [2.45, 2.75) is 6.04 Å². The Labute approximate surface area is 109 Å². The van der Waals surface area contributed by atoms with Gasteiger partial charge in [-0.1, -0.05) is 12.1 Å². The number of thiophene rings is 1. The monoisotopic (exact) mass is 262 g/mol. The van der Waals surface area contributed by atoms with Gasteiger partial charge in [0.2, 0.25) is 5.91 Å². The van der Waals surface area contributed by atoms with E-state index in [0.29, 0.717) is 11.4 Å². The standard InChI is InChI=1S/C13H14N2O2S/c1-17-10-5-2-4-9(8-10)15-13(16)12(14)11-6-3-7-18-11/h2-8,12H,14H2,1H3,(H,15,16). The topological polar surface area (TPSA) is 64.3 Å². The van der Waals surface area contributed by atoms with Crippen molar-refractivity contribution < 1.29 is 9.53 Å². The maximum absolute atomic E-state index is 11.9. The molecule has 0 saturated heterocycles. The summed E-state index contributed by atoms with van der Waals surface area (Å²) in [5.41, 5.74) is 6.54. The molecule has 2 rings (SSSR count). The van der Waals surface area contributed by atoms with E-state index >= 15 is 0 Å². The molecular formula is C13H14N2O2S. The smallest absolute Gasteiger partial charge is 0.246 e. The van der Waals surface area contributed by atoms with Crippen LogP contribution >= 0.6 is 11.3 Å². The maximum atomic E-state index is 11.9. The van der Waals surface area contributed by atoms with Crippen LogP contribution in [0, 0.1) is 0 Å². The lowest BCUT2D eigenvalue weighted by molar-refractivity contribution is -0.117. The summed E-state index contributed by atoms with van der Waals surface area (Å²) in [6.07, 6.45) is 0. The molecule has 0 radical (unpaired) electrons. The molecule has 0 spiro atoms. The first-order valence-corrected chi connectivity index (χ1v) is 6.32. The van der Waals surface area contributed by atoms with Gasteiger partial charge >= 0.3 is 0 Å². The van der Waals surface area contributed by atoms with Crippen molar-refractivity contribution in [3.63, 3.8) is 0 Å². The lowest BCUT2D eigenvalue weighted by Gasteiger charge is -2.11. The van der Waals surface area contributed by atoms with E-state index in [4.69, 9.17) is 10.5 Å². The van der Waals surface area contributed by atoms with E-state index in [2.05, 4.69) is 5.32 Å².